The van der Waals surface area contributed by atoms with Gasteiger partial charge < -0.3 is 10.0 Å². The number of amides is 1. The van der Waals surface area contributed by atoms with Gasteiger partial charge in [-0.3, -0.25) is 4.79 Å². The first-order valence-electron chi connectivity index (χ1n) is 5.33. The monoisotopic (exact) mass is 289 g/mol. The molecule has 0 saturated heterocycles. The molecule has 98 valence electrons. The molecular formula is C12H13Cl2NO3. The topological polar surface area (TPSA) is 57.6 Å². The van der Waals surface area contributed by atoms with Gasteiger partial charge in [0.25, 0.3) is 5.91 Å². The number of aliphatic carboxylic acids is 1. The van der Waals surface area contributed by atoms with Crippen LogP contribution in [0.4, 0.5) is 0 Å². The molecule has 1 amide bonds. The van der Waals surface area contributed by atoms with Gasteiger partial charge in [0.2, 0.25) is 0 Å². The van der Waals surface area contributed by atoms with Gasteiger partial charge in [0.15, 0.2) is 0 Å². The molecule has 1 aromatic carbocycles. The minimum atomic E-state index is -1.03. The van der Waals surface area contributed by atoms with E-state index in [-0.39, 0.29) is 5.02 Å². The molecule has 1 N–H and O–H groups in total. The molecule has 1 rings (SSSR count). The molecule has 1 aromatic rings. The molecule has 1 unspecified atom stereocenters. The molecule has 6 heteroatoms. The van der Waals surface area contributed by atoms with Crippen LogP contribution in [0.5, 0.6) is 0 Å². The molecule has 0 saturated carbocycles. The van der Waals surface area contributed by atoms with Gasteiger partial charge in [-0.15, -0.1) is 0 Å². The largest absolute Gasteiger partial charge is 0.480 e. The third kappa shape index (κ3) is 3.15. The zero-order valence-corrected chi connectivity index (χ0v) is 11.5. The van der Waals surface area contributed by atoms with Crippen molar-refractivity contribution in [2.24, 2.45) is 0 Å². The van der Waals surface area contributed by atoms with Gasteiger partial charge in [-0.25, -0.2) is 4.79 Å². The molecule has 0 bridgehead atoms. The van der Waals surface area contributed by atoms with E-state index in [4.69, 9.17) is 28.3 Å². The van der Waals surface area contributed by atoms with Gasteiger partial charge >= 0.3 is 5.97 Å². The fourth-order valence-electron chi connectivity index (χ4n) is 1.59. The summed E-state index contributed by atoms with van der Waals surface area (Å²) >= 11 is 11.6. The number of nitrogens with zero attached hydrogens (tertiary/aromatic N) is 1. The van der Waals surface area contributed by atoms with Crippen LogP contribution in [0.3, 0.4) is 0 Å². The maximum Gasteiger partial charge on any atom is 0.326 e. The average Bonchev–Trinajstić information content (AvgIpc) is 2.32. The molecule has 0 heterocycles. The Labute approximate surface area is 115 Å². The van der Waals surface area contributed by atoms with Crippen molar-refractivity contribution in [3.63, 3.8) is 0 Å². The van der Waals surface area contributed by atoms with Crippen LogP contribution in [0.2, 0.25) is 10.0 Å². The van der Waals surface area contributed by atoms with Crippen molar-refractivity contribution in [2.75, 3.05) is 7.05 Å². The number of hydrogen-bond acceptors (Lipinski definition) is 2. The predicted molar refractivity (Wildman–Crippen MR) is 70.3 cm³/mol. The van der Waals surface area contributed by atoms with Crippen molar-refractivity contribution in [3.8, 4) is 0 Å². The number of benzene rings is 1. The summed E-state index contributed by atoms with van der Waals surface area (Å²) in [5, 5.41) is 9.61. The second kappa shape index (κ2) is 6.07. The van der Waals surface area contributed by atoms with Gasteiger partial charge in [0.05, 0.1) is 10.0 Å². The summed E-state index contributed by atoms with van der Waals surface area (Å²) in [4.78, 5) is 24.2. The lowest BCUT2D eigenvalue weighted by atomic mass is 10.1. The number of rotatable bonds is 4. The highest BCUT2D eigenvalue weighted by Gasteiger charge is 2.25. The van der Waals surface area contributed by atoms with Crippen LogP contribution in [-0.2, 0) is 4.79 Å². The van der Waals surface area contributed by atoms with E-state index in [9.17, 15) is 9.59 Å². The number of halogens is 2. The SMILES string of the molecule is CCC(C(=O)O)N(C)C(=O)c1ccc(Cl)c(Cl)c1. The van der Waals surface area contributed by atoms with Gasteiger partial charge in [-0.2, -0.15) is 0 Å². The highest BCUT2D eigenvalue weighted by molar-refractivity contribution is 6.42. The maximum absolute atomic E-state index is 12.1. The average molecular weight is 290 g/mol. The normalized spacial score (nSPS) is 12.0. The van der Waals surface area contributed by atoms with Crippen molar-refractivity contribution in [2.45, 2.75) is 19.4 Å². The summed E-state index contributed by atoms with van der Waals surface area (Å²) in [6, 6.07) is 3.60. The van der Waals surface area contributed by atoms with Crippen LogP contribution in [0.25, 0.3) is 0 Å². The smallest absolute Gasteiger partial charge is 0.326 e. The van der Waals surface area contributed by atoms with Crippen molar-refractivity contribution in [1.29, 1.82) is 0 Å². The van der Waals surface area contributed by atoms with Gasteiger partial charge in [0, 0.05) is 12.6 Å². The van der Waals surface area contributed by atoms with E-state index in [2.05, 4.69) is 0 Å². The molecule has 0 spiro atoms. The molecule has 4 nitrogen and oxygen atoms in total. The summed E-state index contributed by atoms with van der Waals surface area (Å²) in [6.07, 6.45) is 0.332. The second-order valence-corrected chi connectivity index (χ2v) is 4.62. The Hall–Kier alpha value is -1.26. The van der Waals surface area contributed by atoms with Crippen LogP contribution in [-0.4, -0.2) is 35.0 Å². The summed E-state index contributed by atoms with van der Waals surface area (Å²) < 4.78 is 0. The number of carboxylic acid groups (broad SMARTS) is 1. The Morgan fingerprint density at radius 2 is 1.94 bits per heavy atom. The highest BCUT2D eigenvalue weighted by atomic mass is 35.5. The molecule has 0 radical (unpaired) electrons. The molecular weight excluding hydrogens is 277 g/mol. The van der Waals surface area contributed by atoms with E-state index < -0.39 is 17.9 Å². The molecule has 1 atom stereocenters. The number of likely N-dealkylation sites (N-methyl/N-ethyl adjacent to an activating group) is 1. The second-order valence-electron chi connectivity index (χ2n) is 3.81. The van der Waals surface area contributed by atoms with Crippen LogP contribution in [0.1, 0.15) is 23.7 Å². The Balaban J connectivity index is 2.99. The third-order valence-electron chi connectivity index (χ3n) is 2.63. The Morgan fingerprint density at radius 3 is 2.39 bits per heavy atom. The van der Waals surface area contributed by atoms with Crippen molar-refractivity contribution in [1.82, 2.24) is 4.90 Å². The van der Waals surface area contributed by atoms with E-state index in [0.29, 0.717) is 17.0 Å². The Bertz CT molecular complexity index is 476. The summed E-state index contributed by atoms with van der Waals surface area (Å²) in [5.74, 6) is -1.43. The van der Waals surface area contributed by atoms with Gasteiger partial charge in [-0.1, -0.05) is 30.1 Å². The fourth-order valence-corrected chi connectivity index (χ4v) is 1.89. The quantitative estimate of drug-likeness (QED) is 0.927. The minimum Gasteiger partial charge on any atom is -0.480 e. The van der Waals surface area contributed by atoms with Crippen LogP contribution >= 0.6 is 23.2 Å². The lowest BCUT2D eigenvalue weighted by Gasteiger charge is -2.23. The Kier molecular flexibility index (Phi) is 4.99. The van der Waals surface area contributed by atoms with Gasteiger partial charge in [-0.05, 0) is 24.6 Å². The van der Waals surface area contributed by atoms with Crippen molar-refractivity contribution in [3.05, 3.63) is 33.8 Å². The fraction of sp³-hybridized carbons (Fsp3) is 0.333. The number of carbonyl (C=O) groups excluding carboxylic acids is 1. The van der Waals surface area contributed by atoms with E-state index in [0.717, 1.165) is 0 Å². The van der Waals surface area contributed by atoms with Crippen LogP contribution < -0.4 is 0 Å². The zero-order valence-electron chi connectivity index (χ0n) is 9.98. The Morgan fingerprint density at radius 1 is 1.33 bits per heavy atom. The van der Waals surface area contributed by atoms with E-state index in [1.165, 1.54) is 30.1 Å². The lowest BCUT2D eigenvalue weighted by Crippen LogP contribution is -2.41. The number of hydrogen-bond donors (Lipinski definition) is 1. The number of carbonyl (C=O) groups is 2. The molecule has 18 heavy (non-hydrogen) atoms. The van der Waals surface area contributed by atoms with Gasteiger partial charge in [0.1, 0.15) is 6.04 Å². The molecule has 0 aromatic heterocycles. The van der Waals surface area contributed by atoms with E-state index >= 15 is 0 Å². The predicted octanol–water partition coefficient (Wildman–Crippen LogP) is 2.93. The first-order valence-corrected chi connectivity index (χ1v) is 6.09. The standard InChI is InChI=1S/C12H13Cl2NO3/c1-3-10(12(17)18)15(2)11(16)7-4-5-8(13)9(14)6-7/h4-6,10H,3H2,1-2H3,(H,17,18). The van der Waals surface area contributed by atoms with E-state index in [1.807, 2.05) is 0 Å². The summed E-state index contributed by atoms with van der Waals surface area (Å²) in [5.41, 5.74) is 0.312. The third-order valence-corrected chi connectivity index (χ3v) is 3.37. The van der Waals surface area contributed by atoms with Crippen molar-refractivity contribution < 1.29 is 14.7 Å². The summed E-state index contributed by atoms with van der Waals surface area (Å²) in [6.45, 7) is 1.71. The van der Waals surface area contributed by atoms with E-state index in [1.54, 1.807) is 6.92 Å². The van der Waals surface area contributed by atoms with Crippen molar-refractivity contribution >= 4 is 35.1 Å². The number of carboxylic acids is 1. The van der Waals surface area contributed by atoms with Crippen LogP contribution in [0.15, 0.2) is 18.2 Å². The maximum atomic E-state index is 12.1. The molecule has 0 aliphatic carbocycles. The van der Waals surface area contributed by atoms with Crippen LogP contribution in [0, 0.1) is 0 Å². The first-order chi connectivity index (χ1) is 8.38. The molecule has 0 aliphatic heterocycles. The minimum absolute atomic E-state index is 0.263. The molecule has 0 aliphatic rings. The zero-order chi connectivity index (χ0) is 13.9. The highest BCUT2D eigenvalue weighted by Crippen LogP contribution is 2.23. The first kappa shape index (κ1) is 14.8. The summed E-state index contributed by atoms with van der Waals surface area (Å²) in [7, 11) is 1.45. The molecule has 0 fully saturated rings. The lowest BCUT2D eigenvalue weighted by molar-refractivity contribution is -0.142.